The number of nitrogens with zero attached hydrogens (tertiary/aromatic N) is 1. The van der Waals surface area contributed by atoms with E-state index in [1.54, 1.807) is 7.05 Å². The number of carbonyl (C=O) groups excluding carboxylic acids is 1. The number of aliphatic imine (C=N–C) groups is 1. The van der Waals surface area contributed by atoms with Gasteiger partial charge >= 0.3 is 0 Å². The van der Waals surface area contributed by atoms with Gasteiger partial charge in [0.05, 0.1) is 0 Å². The minimum absolute atomic E-state index is 0.379. The lowest BCUT2D eigenvalue weighted by Crippen LogP contribution is -2.09. The van der Waals surface area contributed by atoms with Crippen molar-refractivity contribution in [3.05, 3.63) is 12.3 Å². The summed E-state index contributed by atoms with van der Waals surface area (Å²) >= 11 is 0. The summed E-state index contributed by atoms with van der Waals surface area (Å²) < 4.78 is 0. The van der Waals surface area contributed by atoms with E-state index >= 15 is 0 Å². The molecule has 0 aromatic carbocycles. The fraction of sp³-hybridized carbons (Fsp3) is 0.429. The zero-order chi connectivity index (χ0) is 9.11. The lowest BCUT2D eigenvalue weighted by Gasteiger charge is -1.85. The minimum atomic E-state index is 0.379. The van der Waals surface area contributed by atoms with Crippen molar-refractivity contribution in [2.45, 2.75) is 13.8 Å². The number of carbonyl (C=O) groups is 1. The summed E-state index contributed by atoms with van der Waals surface area (Å²) in [5, 5.41) is 2.29. The van der Waals surface area contributed by atoms with Gasteiger partial charge in [-0.25, -0.2) is 0 Å². The van der Waals surface area contributed by atoms with E-state index in [-0.39, 0.29) is 0 Å². The molecular formula is C7H15N3O. The number of hydrogen-bond donors (Lipinski definition) is 2. The highest BCUT2D eigenvalue weighted by Gasteiger charge is 1.75. The van der Waals surface area contributed by atoms with E-state index in [1.807, 2.05) is 13.8 Å². The minimum Gasteiger partial charge on any atom is -0.384 e. The van der Waals surface area contributed by atoms with Crippen LogP contribution in [0.2, 0.25) is 0 Å². The fourth-order valence-corrected chi connectivity index (χ4v) is 0.247. The molecule has 0 saturated carbocycles. The number of nitrogens with one attached hydrogen (secondary N) is 1. The van der Waals surface area contributed by atoms with Crippen molar-refractivity contribution in [3.8, 4) is 0 Å². The van der Waals surface area contributed by atoms with Crippen LogP contribution >= 0.6 is 0 Å². The predicted molar refractivity (Wildman–Crippen MR) is 47.2 cm³/mol. The predicted octanol–water partition coefficient (Wildman–Crippen LogP) is 0.259. The van der Waals surface area contributed by atoms with Gasteiger partial charge in [0.2, 0.25) is 6.41 Å². The number of nitrogens with two attached hydrogens (primary N) is 1. The van der Waals surface area contributed by atoms with E-state index in [9.17, 15) is 4.79 Å². The summed E-state index contributed by atoms with van der Waals surface area (Å²) in [4.78, 5) is 13.2. The molecule has 0 heterocycles. The second-order valence-electron chi connectivity index (χ2n) is 1.27. The standard InChI is InChI=1S/C5H9N3O.C2H6/c1-7-5(6)2-3-8-4-9;1-2/h2-4H,1H3,(H2,6,7)(H,8,9);1-2H3/b3-2-;. The van der Waals surface area contributed by atoms with Gasteiger partial charge in [-0.3, -0.25) is 9.79 Å². The van der Waals surface area contributed by atoms with Crippen molar-refractivity contribution in [2.24, 2.45) is 10.7 Å². The molecule has 0 atom stereocenters. The Labute approximate surface area is 67.2 Å². The normalized spacial score (nSPS) is 10.3. The van der Waals surface area contributed by atoms with E-state index in [0.29, 0.717) is 12.2 Å². The van der Waals surface area contributed by atoms with Gasteiger partial charge in [-0.1, -0.05) is 13.8 Å². The summed E-state index contributed by atoms with van der Waals surface area (Å²) in [7, 11) is 1.57. The van der Waals surface area contributed by atoms with Gasteiger partial charge in [-0.15, -0.1) is 0 Å². The van der Waals surface area contributed by atoms with E-state index in [1.165, 1.54) is 12.3 Å². The van der Waals surface area contributed by atoms with Crippen molar-refractivity contribution >= 4 is 12.2 Å². The maximum Gasteiger partial charge on any atom is 0.211 e. The molecule has 4 heteroatoms. The van der Waals surface area contributed by atoms with E-state index in [2.05, 4.69) is 10.3 Å². The Morgan fingerprint density at radius 1 is 1.55 bits per heavy atom. The molecule has 0 radical (unpaired) electrons. The molecule has 0 aromatic heterocycles. The first kappa shape index (κ1) is 12.4. The van der Waals surface area contributed by atoms with Gasteiger partial charge in [0.25, 0.3) is 0 Å². The average Bonchev–Trinajstić information content (AvgIpc) is 2.08. The smallest absolute Gasteiger partial charge is 0.211 e. The van der Waals surface area contributed by atoms with Gasteiger partial charge in [0.15, 0.2) is 0 Å². The molecule has 0 aromatic rings. The van der Waals surface area contributed by atoms with Gasteiger partial charge in [-0.05, 0) is 6.08 Å². The molecule has 11 heavy (non-hydrogen) atoms. The largest absolute Gasteiger partial charge is 0.384 e. The highest BCUT2D eigenvalue weighted by atomic mass is 16.1. The lowest BCUT2D eigenvalue weighted by atomic mass is 10.5. The third kappa shape index (κ3) is 12.0. The van der Waals surface area contributed by atoms with Crippen LogP contribution in [0.1, 0.15) is 13.8 Å². The van der Waals surface area contributed by atoms with Crippen LogP contribution in [0.25, 0.3) is 0 Å². The Morgan fingerprint density at radius 2 is 2.09 bits per heavy atom. The molecule has 0 rings (SSSR count). The van der Waals surface area contributed by atoms with Crippen molar-refractivity contribution in [1.82, 2.24) is 5.32 Å². The van der Waals surface area contributed by atoms with Crippen LogP contribution in [0.5, 0.6) is 0 Å². The topological polar surface area (TPSA) is 67.5 Å². The quantitative estimate of drug-likeness (QED) is 0.350. The number of rotatable bonds is 3. The van der Waals surface area contributed by atoms with Gasteiger partial charge < -0.3 is 11.1 Å². The number of amidine groups is 1. The molecule has 0 fully saturated rings. The molecule has 3 N–H and O–H groups in total. The first-order chi connectivity index (χ1) is 5.31. The second-order valence-corrected chi connectivity index (χ2v) is 1.27. The Kier molecular flexibility index (Phi) is 12.9. The zero-order valence-corrected chi connectivity index (χ0v) is 7.16. The third-order valence-electron chi connectivity index (χ3n) is 0.677. The van der Waals surface area contributed by atoms with Crippen molar-refractivity contribution in [2.75, 3.05) is 7.05 Å². The van der Waals surface area contributed by atoms with E-state index in [0.717, 1.165) is 0 Å². The van der Waals surface area contributed by atoms with Crippen LogP contribution in [0.4, 0.5) is 0 Å². The Hall–Kier alpha value is -1.32. The van der Waals surface area contributed by atoms with Crippen molar-refractivity contribution in [1.29, 1.82) is 0 Å². The van der Waals surface area contributed by atoms with Gasteiger partial charge in [0.1, 0.15) is 5.84 Å². The molecule has 0 aliphatic rings. The first-order valence-corrected chi connectivity index (χ1v) is 3.39. The Balaban J connectivity index is 0. The van der Waals surface area contributed by atoms with Crippen LogP contribution in [0.3, 0.4) is 0 Å². The van der Waals surface area contributed by atoms with Crippen LogP contribution in [0.15, 0.2) is 17.3 Å². The fourth-order valence-electron chi connectivity index (χ4n) is 0.247. The van der Waals surface area contributed by atoms with Gasteiger partial charge in [0, 0.05) is 13.2 Å². The van der Waals surface area contributed by atoms with E-state index < -0.39 is 0 Å². The summed E-state index contributed by atoms with van der Waals surface area (Å²) in [5.74, 6) is 0.379. The molecule has 4 nitrogen and oxygen atoms in total. The molecule has 0 saturated heterocycles. The summed E-state index contributed by atoms with van der Waals surface area (Å²) in [5.41, 5.74) is 5.22. The van der Waals surface area contributed by atoms with Crippen molar-refractivity contribution < 1.29 is 4.79 Å². The maximum atomic E-state index is 9.63. The van der Waals surface area contributed by atoms with Crippen LogP contribution in [-0.4, -0.2) is 19.3 Å². The van der Waals surface area contributed by atoms with Crippen LogP contribution in [0, 0.1) is 0 Å². The molecule has 0 aliphatic carbocycles. The number of hydrogen-bond acceptors (Lipinski definition) is 2. The first-order valence-electron chi connectivity index (χ1n) is 3.39. The second kappa shape index (κ2) is 11.5. The summed E-state index contributed by atoms with van der Waals surface area (Å²) in [6.07, 6.45) is 3.46. The van der Waals surface area contributed by atoms with E-state index in [4.69, 9.17) is 5.73 Å². The van der Waals surface area contributed by atoms with Crippen LogP contribution in [-0.2, 0) is 4.79 Å². The molecule has 0 aliphatic heterocycles. The summed E-state index contributed by atoms with van der Waals surface area (Å²) in [6, 6.07) is 0. The maximum absolute atomic E-state index is 9.63. The molecule has 0 unspecified atom stereocenters. The Morgan fingerprint density at radius 3 is 2.45 bits per heavy atom. The highest BCUT2D eigenvalue weighted by Crippen LogP contribution is 1.66. The van der Waals surface area contributed by atoms with Gasteiger partial charge in [-0.2, -0.15) is 0 Å². The Bertz CT molecular complexity index is 141. The van der Waals surface area contributed by atoms with Crippen molar-refractivity contribution in [3.63, 3.8) is 0 Å². The molecule has 64 valence electrons. The molecular weight excluding hydrogens is 142 g/mol. The lowest BCUT2D eigenvalue weighted by molar-refractivity contribution is -0.108. The zero-order valence-electron chi connectivity index (χ0n) is 7.16. The third-order valence-corrected chi connectivity index (χ3v) is 0.677. The number of amides is 1. The average molecular weight is 157 g/mol. The molecule has 0 bridgehead atoms. The van der Waals surface area contributed by atoms with Crippen LogP contribution < -0.4 is 11.1 Å². The summed E-state index contributed by atoms with van der Waals surface area (Å²) in [6.45, 7) is 4.00. The molecule has 1 amide bonds. The highest BCUT2D eigenvalue weighted by molar-refractivity contribution is 5.91. The SMILES string of the molecule is CC.CN=C(N)/C=C\NC=O. The monoisotopic (exact) mass is 157 g/mol. The molecule has 0 spiro atoms.